The van der Waals surface area contributed by atoms with Crippen LogP contribution in [0, 0.1) is 11.6 Å². The van der Waals surface area contributed by atoms with E-state index in [9.17, 15) is 18.4 Å². The Morgan fingerprint density at radius 3 is 2.64 bits per heavy atom. The summed E-state index contributed by atoms with van der Waals surface area (Å²) >= 11 is 5.98. The molecule has 2 heterocycles. The van der Waals surface area contributed by atoms with E-state index in [1.54, 1.807) is 31.3 Å². The van der Waals surface area contributed by atoms with Gasteiger partial charge in [0.15, 0.2) is 11.6 Å². The normalized spacial score (nSPS) is 16.1. The van der Waals surface area contributed by atoms with Crippen LogP contribution >= 0.6 is 11.6 Å². The van der Waals surface area contributed by atoms with E-state index in [0.29, 0.717) is 21.8 Å². The number of rotatable bonds is 2. The molecule has 0 saturated carbocycles. The predicted molar refractivity (Wildman–Crippen MR) is 100 cm³/mol. The van der Waals surface area contributed by atoms with Gasteiger partial charge in [-0.25, -0.2) is 8.78 Å². The van der Waals surface area contributed by atoms with Crippen LogP contribution in [-0.4, -0.2) is 29.4 Å². The van der Waals surface area contributed by atoms with E-state index < -0.39 is 23.2 Å². The summed E-state index contributed by atoms with van der Waals surface area (Å²) in [6, 6.07) is 7.77. The Labute approximate surface area is 163 Å². The van der Waals surface area contributed by atoms with Crippen LogP contribution < -0.4 is 5.56 Å². The Hall–Kier alpha value is -2.77. The van der Waals surface area contributed by atoms with Gasteiger partial charge in [-0.2, -0.15) is 0 Å². The number of aromatic nitrogens is 1. The summed E-state index contributed by atoms with van der Waals surface area (Å²) in [7, 11) is 1.59. The van der Waals surface area contributed by atoms with E-state index in [1.807, 2.05) is 0 Å². The number of aromatic amines is 1. The topological polar surface area (TPSA) is 62.4 Å². The van der Waals surface area contributed by atoms with Crippen molar-refractivity contribution in [1.29, 1.82) is 0 Å². The number of halogens is 3. The summed E-state index contributed by atoms with van der Waals surface area (Å²) in [5.74, 6) is -2.48. The van der Waals surface area contributed by atoms with Gasteiger partial charge in [0.1, 0.15) is 0 Å². The zero-order chi connectivity index (χ0) is 20.0. The molecule has 3 aromatic rings. The predicted octanol–water partition coefficient (Wildman–Crippen LogP) is 3.80. The Kier molecular flexibility index (Phi) is 4.64. The van der Waals surface area contributed by atoms with Crippen molar-refractivity contribution in [3.8, 4) is 0 Å². The molecule has 144 valence electrons. The molecule has 1 atom stereocenters. The number of amides is 1. The highest BCUT2D eigenvalue weighted by molar-refractivity contribution is 6.30. The standard InChI is InChI=1S/C20H15ClF2N2O3/c1-25(20(27)10-3-2-4-11(21)5-10)17-9-28-8-16-18(17)12-6-14(22)15(23)7-13(12)19(26)24-16/h2-7,17H,8-9H2,1H3,(H,24,26). The lowest BCUT2D eigenvalue weighted by atomic mass is 9.95. The summed E-state index contributed by atoms with van der Waals surface area (Å²) in [5.41, 5.74) is 0.817. The van der Waals surface area contributed by atoms with Gasteiger partial charge in [-0.3, -0.25) is 9.59 Å². The first-order chi connectivity index (χ1) is 13.4. The smallest absolute Gasteiger partial charge is 0.256 e. The fourth-order valence-corrected chi connectivity index (χ4v) is 3.70. The molecule has 1 aromatic heterocycles. The number of nitrogens with one attached hydrogen (secondary N) is 1. The van der Waals surface area contributed by atoms with Crippen molar-refractivity contribution in [2.24, 2.45) is 0 Å². The lowest BCUT2D eigenvalue weighted by molar-refractivity contribution is 0.0335. The van der Waals surface area contributed by atoms with Gasteiger partial charge in [0.2, 0.25) is 0 Å². The van der Waals surface area contributed by atoms with Crippen molar-refractivity contribution in [2.45, 2.75) is 12.6 Å². The molecule has 1 aliphatic rings. The SMILES string of the molecule is CN(C(=O)c1cccc(Cl)c1)C1COCc2[nH]c(=O)c3cc(F)c(F)cc3c21. The monoisotopic (exact) mass is 404 g/mol. The summed E-state index contributed by atoms with van der Waals surface area (Å²) in [4.78, 5) is 29.3. The van der Waals surface area contributed by atoms with Crippen molar-refractivity contribution in [3.63, 3.8) is 0 Å². The highest BCUT2D eigenvalue weighted by atomic mass is 35.5. The molecule has 5 nitrogen and oxygen atoms in total. The molecule has 0 aliphatic carbocycles. The average molecular weight is 405 g/mol. The molecule has 0 saturated heterocycles. The fourth-order valence-electron chi connectivity index (χ4n) is 3.51. The third-order valence-electron chi connectivity index (χ3n) is 4.90. The van der Waals surface area contributed by atoms with Crippen LogP contribution in [0.4, 0.5) is 8.78 Å². The zero-order valence-electron chi connectivity index (χ0n) is 14.8. The molecule has 1 amide bonds. The number of carbonyl (C=O) groups is 1. The first-order valence-corrected chi connectivity index (χ1v) is 8.89. The molecule has 1 aliphatic heterocycles. The fraction of sp³-hybridized carbons (Fsp3) is 0.200. The maximum Gasteiger partial charge on any atom is 0.256 e. The van der Waals surface area contributed by atoms with Gasteiger partial charge in [-0.15, -0.1) is 0 Å². The number of H-pyrrole nitrogens is 1. The molecular weight excluding hydrogens is 390 g/mol. The van der Waals surface area contributed by atoms with Gasteiger partial charge in [0.25, 0.3) is 11.5 Å². The molecule has 4 rings (SSSR count). The first-order valence-electron chi connectivity index (χ1n) is 8.51. The largest absolute Gasteiger partial charge is 0.373 e. The lowest BCUT2D eigenvalue weighted by Gasteiger charge is -2.34. The van der Waals surface area contributed by atoms with E-state index in [0.717, 1.165) is 12.1 Å². The number of hydrogen-bond acceptors (Lipinski definition) is 3. The maximum atomic E-state index is 13.9. The molecule has 0 spiro atoms. The maximum absolute atomic E-state index is 13.9. The number of nitrogens with zero attached hydrogens (tertiary/aromatic N) is 1. The molecule has 8 heteroatoms. The van der Waals surface area contributed by atoms with Crippen molar-refractivity contribution in [3.05, 3.63) is 80.2 Å². The number of benzene rings is 2. The summed E-state index contributed by atoms with van der Waals surface area (Å²) in [5, 5.41) is 0.705. The minimum absolute atomic E-state index is 0.0214. The summed E-state index contributed by atoms with van der Waals surface area (Å²) < 4.78 is 33.1. The van der Waals surface area contributed by atoms with E-state index in [1.165, 1.54) is 4.90 Å². The second-order valence-electron chi connectivity index (χ2n) is 6.62. The van der Waals surface area contributed by atoms with Crippen molar-refractivity contribution >= 4 is 28.3 Å². The quantitative estimate of drug-likeness (QED) is 0.706. The average Bonchev–Trinajstić information content (AvgIpc) is 2.68. The second kappa shape index (κ2) is 7.00. The van der Waals surface area contributed by atoms with Gasteiger partial charge in [0, 0.05) is 28.9 Å². The lowest BCUT2D eigenvalue weighted by Crippen LogP contribution is -2.37. The number of hydrogen-bond donors (Lipinski definition) is 1. The Bertz CT molecular complexity index is 1160. The van der Waals surface area contributed by atoms with Crippen LogP contribution in [0.3, 0.4) is 0 Å². The number of pyridine rings is 1. The van der Waals surface area contributed by atoms with E-state index in [-0.39, 0.29) is 29.9 Å². The Morgan fingerprint density at radius 2 is 1.93 bits per heavy atom. The van der Waals surface area contributed by atoms with Crippen LogP contribution in [0.15, 0.2) is 41.2 Å². The molecule has 2 aromatic carbocycles. The number of carbonyl (C=O) groups excluding carboxylic acids is 1. The van der Waals surface area contributed by atoms with Crippen LogP contribution in [0.1, 0.15) is 27.7 Å². The number of fused-ring (bicyclic) bond motifs is 3. The highest BCUT2D eigenvalue weighted by Crippen LogP contribution is 2.34. The molecule has 0 radical (unpaired) electrons. The second-order valence-corrected chi connectivity index (χ2v) is 7.05. The van der Waals surface area contributed by atoms with Crippen molar-refractivity contribution < 1.29 is 18.3 Å². The van der Waals surface area contributed by atoms with Gasteiger partial charge >= 0.3 is 0 Å². The summed E-state index contributed by atoms with van der Waals surface area (Å²) in [6.45, 7) is 0.255. The Balaban J connectivity index is 1.86. The van der Waals surface area contributed by atoms with E-state index in [4.69, 9.17) is 16.3 Å². The number of likely N-dealkylation sites (N-methyl/N-ethyl adjacent to an activating group) is 1. The molecule has 1 unspecified atom stereocenters. The van der Waals surface area contributed by atoms with E-state index in [2.05, 4.69) is 4.98 Å². The minimum Gasteiger partial charge on any atom is -0.373 e. The Morgan fingerprint density at radius 1 is 1.21 bits per heavy atom. The molecule has 28 heavy (non-hydrogen) atoms. The summed E-state index contributed by atoms with van der Waals surface area (Å²) in [6.07, 6.45) is 0. The first kappa shape index (κ1) is 18.6. The minimum atomic E-state index is -1.11. The van der Waals surface area contributed by atoms with Gasteiger partial charge in [-0.05, 0) is 35.7 Å². The van der Waals surface area contributed by atoms with Gasteiger partial charge in [0.05, 0.1) is 24.6 Å². The van der Waals surface area contributed by atoms with E-state index >= 15 is 0 Å². The zero-order valence-corrected chi connectivity index (χ0v) is 15.5. The van der Waals surface area contributed by atoms with Gasteiger partial charge in [-0.1, -0.05) is 17.7 Å². The van der Waals surface area contributed by atoms with Crippen molar-refractivity contribution in [1.82, 2.24) is 9.88 Å². The van der Waals surface area contributed by atoms with Gasteiger partial charge < -0.3 is 14.6 Å². The van der Waals surface area contributed by atoms with Crippen LogP contribution in [0.2, 0.25) is 5.02 Å². The number of ether oxygens (including phenoxy) is 1. The third kappa shape index (κ3) is 3.06. The molecular formula is C20H15ClF2N2O3. The van der Waals surface area contributed by atoms with Crippen LogP contribution in [-0.2, 0) is 11.3 Å². The molecule has 0 bridgehead atoms. The third-order valence-corrected chi connectivity index (χ3v) is 5.13. The highest BCUT2D eigenvalue weighted by Gasteiger charge is 2.31. The molecule has 0 fully saturated rings. The molecule has 1 N–H and O–H groups in total. The van der Waals surface area contributed by atoms with Crippen LogP contribution in [0.5, 0.6) is 0 Å². The van der Waals surface area contributed by atoms with Crippen LogP contribution in [0.25, 0.3) is 10.8 Å². The van der Waals surface area contributed by atoms with Crippen molar-refractivity contribution in [2.75, 3.05) is 13.7 Å².